The van der Waals surface area contributed by atoms with Crippen molar-refractivity contribution in [1.29, 1.82) is 5.26 Å². The average Bonchev–Trinajstić information content (AvgIpc) is 2.59. The van der Waals surface area contributed by atoms with Crippen molar-refractivity contribution in [2.75, 3.05) is 5.32 Å². The standard InChI is InChI=1S/C17H16N4O4/c1-3-20-9-13(8-18)16(24)21(17(20)25)10-15(23)19-14-6-4-5-12(7-14)11(2)22/h4-7,9H,3,10H2,1-2H3,(H,19,23). The number of rotatable bonds is 5. The minimum absolute atomic E-state index is 0.153. The van der Waals surface area contributed by atoms with E-state index in [1.807, 2.05) is 0 Å². The van der Waals surface area contributed by atoms with E-state index in [0.717, 1.165) is 0 Å². The molecule has 0 aliphatic carbocycles. The number of amides is 1. The zero-order chi connectivity index (χ0) is 18.6. The molecule has 0 bridgehead atoms. The molecule has 1 heterocycles. The van der Waals surface area contributed by atoms with Gasteiger partial charge in [0.1, 0.15) is 18.2 Å². The fraction of sp³-hybridized carbons (Fsp3) is 0.235. The number of ketones is 1. The summed E-state index contributed by atoms with van der Waals surface area (Å²) in [5.41, 5.74) is -0.899. The number of benzene rings is 1. The van der Waals surface area contributed by atoms with Crippen molar-refractivity contribution in [3.63, 3.8) is 0 Å². The van der Waals surface area contributed by atoms with Gasteiger partial charge in [-0.2, -0.15) is 5.26 Å². The molecule has 1 N–H and O–H groups in total. The zero-order valence-corrected chi connectivity index (χ0v) is 13.8. The number of hydrogen-bond donors (Lipinski definition) is 1. The molecular formula is C17H16N4O4. The molecule has 8 heteroatoms. The molecule has 0 unspecified atom stereocenters. The van der Waals surface area contributed by atoms with Crippen molar-refractivity contribution < 1.29 is 9.59 Å². The summed E-state index contributed by atoms with van der Waals surface area (Å²) in [4.78, 5) is 47.9. The molecule has 0 saturated carbocycles. The monoisotopic (exact) mass is 340 g/mol. The van der Waals surface area contributed by atoms with Gasteiger partial charge in [-0.25, -0.2) is 9.36 Å². The zero-order valence-electron chi connectivity index (χ0n) is 13.8. The van der Waals surface area contributed by atoms with Crippen molar-refractivity contribution in [2.45, 2.75) is 26.9 Å². The minimum Gasteiger partial charge on any atom is -0.325 e. The lowest BCUT2D eigenvalue weighted by atomic mass is 10.1. The van der Waals surface area contributed by atoms with Gasteiger partial charge in [-0.05, 0) is 26.0 Å². The number of carbonyl (C=O) groups excluding carboxylic acids is 2. The lowest BCUT2D eigenvalue weighted by Crippen LogP contribution is -2.43. The third-order valence-electron chi connectivity index (χ3n) is 3.55. The summed E-state index contributed by atoms with van der Waals surface area (Å²) >= 11 is 0. The first-order chi connectivity index (χ1) is 11.9. The van der Waals surface area contributed by atoms with Gasteiger partial charge in [-0.15, -0.1) is 0 Å². The lowest BCUT2D eigenvalue weighted by molar-refractivity contribution is -0.116. The van der Waals surface area contributed by atoms with Crippen LogP contribution in [0.3, 0.4) is 0 Å². The van der Waals surface area contributed by atoms with Crippen LogP contribution in [0.25, 0.3) is 0 Å². The summed E-state index contributed by atoms with van der Waals surface area (Å²) in [7, 11) is 0. The average molecular weight is 340 g/mol. The Labute approximate surface area is 142 Å². The van der Waals surface area contributed by atoms with Crippen LogP contribution in [0, 0.1) is 11.3 Å². The van der Waals surface area contributed by atoms with Gasteiger partial charge in [0.25, 0.3) is 5.56 Å². The van der Waals surface area contributed by atoms with Crippen LogP contribution in [-0.4, -0.2) is 20.8 Å². The van der Waals surface area contributed by atoms with Crippen LogP contribution in [0.4, 0.5) is 5.69 Å². The smallest absolute Gasteiger partial charge is 0.325 e. The van der Waals surface area contributed by atoms with Gasteiger partial charge in [0.15, 0.2) is 5.78 Å². The van der Waals surface area contributed by atoms with E-state index in [1.54, 1.807) is 31.2 Å². The fourth-order valence-electron chi connectivity index (χ4n) is 2.26. The highest BCUT2D eigenvalue weighted by Crippen LogP contribution is 2.11. The van der Waals surface area contributed by atoms with Gasteiger partial charge in [0, 0.05) is 24.0 Å². The number of anilines is 1. The van der Waals surface area contributed by atoms with E-state index in [9.17, 15) is 19.2 Å². The third-order valence-corrected chi connectivity index (χ3v) is 3.55. The van der Waals surface area contributed by atoms with E-state index in [0.29, 0.717) is 15.8 Å². The van der Waals surface area contributed by atoms with Crippen LogP contribution < -0.4 is 16.6 Å². The van der Waals surface area contributed by atoms with E-state index in [-0.39, 0.29) is 17.9 Å². The maximum Gasteiger partial charge on any atom is 0.331 e. The molecule has 8 nitrogen and oxygen atoms in total. The minimum atomic E-state index is -0.815. The number of Topliss-reactive ketones (excluding diaryl/α,β-unsaturated/α-hetero) is 1. The van der Waals surface area contributed by atoms with Gasteiger partial charge < -0.3 is 5.32 Å². The van der Waals surface area contributed by atoms with Crippen molar-refractivity contribution in [3.8, 4) is 6.07 Å². The Balaban J connectivity index is 2.31. The lowest BCUT2D eigenvalue weighted by Gasteiger charge is -2.10. The van der Waals surface area contributed by atoms with Crippen molar-refractivity contribution >= 4 is 17.4 Å². The molecule has 1 aromatic heterocycles. The predicted octanol–water partition coefficient (Wildman–Crippen LogP) is 0.743. The van der Waals surface area contributed by atoms with Crippen molar-refractivity contribution in [2.24, 2.45) is 0 Å². The van der Waals surface area contributed by atoms with Gasteiger partial charge in [0.05, 0.1) is 0 Å². The Bertz CT molecular complexity index is 995. The molecule has 128 valence electrons. The molecule has 0 aliphatic heterocycles. The third kappa shape index (κ3) is 3.90. The normalized spacial score (nSPS) is 10.1. The molecule has 0 saturated heterocycles. The van der Waals surface area contributed by atoms with Crippen LogP contribution in [0.5, 0.6) is 0 Å². The van der Waals surface area contributed by atoms with Crippen molar-refractivity contribution in [1.82, 2.24) is 9.13 Å². The summed E-state index contributed by atoms with van der Waals surface area (Å²) in [5, 5.41) is 11.5. The highest BCUT2D eigenvalue weighted by Gasteiger charge is 2.14. The Hall–Kier alpha value is -3.47. The molecule has 0 spiro atoms. The summed E-state index contributed by atoms with van der Waals surface area (Å²) in [6.45, 7) is 2.82. The number of aryl methyl sites for hydroxylation is 1. The number of aromatic nitrogens is 2. The van der Waals surface area contributed by atoms with Crippen LogP contribution in [-0.2, 0) is 17.9 Å². The first-order valence-corrected chi connectivity index (χ1v) is 7.52. The van der Waals surface area contributed by atoms with E-state index in [1.165, 1.54) is 23.8 Å². The summed E-state index contributed by atoms with van der Waals surface area (Å²) in [6.07, 6.45) is 1.18. The predicted molar refractivity (Wildman–Crippen MR) is 90.4 cm³/mol. The molecule has 1 amide bonds. The molecule has 0 radical (unpaired) electrons. The molecule has 2 rings (SSSR count). The second kappa shape index (κ2) is 7.40. The second-order valence-corrected chi connectivity index (χ2v) is 5.30. The molecule has 0 aliphatic rings. The second-order valence-electron chi connectivity index (χ2n) is 5.30. The van der Waals surface area contributed by atoms with Crippen LogP contribution in [0.1, 0.15) is 29.8 Å². The summed E-state index contributed by atoms with van der Waals surface area (Å²) < 4.78 is 1.90. The Morgan fingerprint density at radius 3 is 2.60 bits per heavy atom. The Morgan fingerprint density at radius 1 is 1.28 bits per heavy atom. The molecule has 0 atom stereocenters. The van der Waals surface area contributed by atoms with Crippen LogP contribution in [0.15, 0.2) is 40.1 Å². The van der Waals surface area contributed by atoms with E-state index >= 15 is 0 Å². The number of hydrogen-bond acceptors (Lipinski definition) is 5. The summed E-state index contributed by atoms with van der Waals surface area (Å²) in [5.74, 6) is -0.766. The maximum absolute atomic E-state index is 12.2. The van der Waals surface area contributed by atoms with Crippen LogP contribution >= 0.6 is 0 Å². The number of nitrogens with one attached hydrogen (secondary N) is 1. The molecule has 25 heavy (non-hydrogen) atoms. The van der Waals surface area contributed by atoms with Crippen LogP contribution in [0.2, 0.25) is 0 Å². The molecule has 2 aromatic rings. The highest BCUT2D eigenvalue weighted by molar-refractivity contribution is 5.97. The topological polar surface area (TPSA) is 114 Å². The van der Waals surface area contributed by atoms with Gasteiger partial charge >= 0.3 is 5.69 Å². The number of nitrogens with zero attached hydrogens (tertiary/aromatic N) is 3. The van der Waals surface area contributed by atoms with Gasteiger partial charge in [-0.3, -0.25) is 19.0 Å². The summed E-state index contributed by atoms with van der Waals surface area (Å²) in [6, 6.07) is 8.02. The largest absolute Gasteiger partial charge is 0.331 e. The number of nitriles is 1. The first kappa shape index (κ1) is 17.9. The molecule has 0 fully saturated rings. The first-order valence-electron chi connectivity index (χ1n) is 7.52. The molecular weight excluding hydrogens is 324 g/mol. The maximum atomic E-state index is 12.2. The Morgan fingerprint density at radius 2 is 2.00 bits per heavy atom. The van der Waals surface area contributed by atoms with E-state index < -0.39 is 23.7 Å². The fourth-order valence-corrected chi connectivity index (χ4v) is 2.26. The quantitative estimate of drug-likeness (QED) is 0.807. The SMILES string of the molecule is CCn1cc(C#N)c(=O)n(CC(=O)Nc2cccc(C(C)=O)c2)c1=O. The van der Waals surface area contributed by atoms with E-state index in [2.05, 4.69) is 5.32 Å². The molecule has 1 aromatic carbocycles. The van der Waals surface area contributed by atoms with Gasteiger partial charge in [0.2, 0.25) is 5.91 Å². The number of carbonyl (C=O) groups is 2. The van der Waals surface area contributed by atoms with Crippen molar-refractivity contribution in [3.05, 3.63) is 62.4 Å². The Kier molecular flexibility index (Phi) is 5.29. The highest BCUT2D eigenvalue weighted by atomic mass is 16.2. The van der Waals surface area contributed by atoms with Gasteiger partial charge in [-0.1, -0.05) is 12.1 Å². The van der Waals surface area contributed by atoms with E-state index in [4.69, 9.17) is 5.26 Å².